The van der Waals surface area contributed by atoms with Crippen molar-refractivity contribution in [2.75, 3.05) is 19.6 Å². The lowest BCUT2D eigenvalue weighted by molar-refractivity contribution is -0.122. The molecule has 0 saturated carbocycles. The molecule has 3 nitrogen and oxygen atoms in total. The predicted octanol–water partition coefficient (Wildman–Crippen LogP) is 2.71. The lowest BCUT2D eigenvalue weighted by Gasteiger charge is -2.25. The first-order valence-electron chi connectivity index (χ1n) is 7.51. The molecule has 3 heteroatoms. The monoisotopic (exact) mass is 254 g/mol. The van der Waals surface area contributed by atoms with Crippen LogP contribution >= 0.6 is 0 Å². The fourth-order valence-corrected chi connectivity index (χ4v) is 2.50. The highest BCUT2D eigenvalue weighted by atomic mass is 16.1. The normalized spacial score (nSPS) is 20.1. The molecule has 1 unspecified atom stereocenters. The van der Waals surface area contributed by atoms with Crippen molar-refractivity contribution in [3.63, 3.8) is 0 Å². The second-order valence-electron chi connectivity index (χ2n) is 6.46. The fraction of sp³-hybridized carbons (Fsp3) is 0.933. The summed E-state index contributed by atoms with van der Waals surface area (Å²) in [6.07, 6.45) is 6.87. The van der Waals surface area contributed by atoms with E-state index in [1.807, 2.05) is 0 Å². The van der Waals surface area contributed by atoms with Gasteiger partial charge in [-0.2, -0.15) is 0 Å². The summed E-state index contributed by atoms with van der Waals surface area (Å²) < 4.78 is 0. The molecule has 1 aliphatic rings. The van der Waals surface area contributed by atoms with E-state index in [1.165, 1.54) is 25.7 Å². The molecule has 2 N–H and O–H groups in total. The van der Waals surface area contributed by atoms with Crippen LogP contribution in [0, 0.1) is 11.3 Å². The molecule has 0 aromatic rings. The van der Waals surface area contributed by atoms with Gasteiger partial charge in [0.25, 0.3) is 0 Å². The zero-order valence-electron chi connectivity index (χ0n) is 12.3. The average molecular weight is 254 g/mol. The minimum absolute atomic E-state index is 0.229. The van der Waals surface area contributed by atoms with Crippen LogP contribution in [0.2, 0.25) is 0 Å². The van der Waals surface area contributed by atoms with Gasteiger partial charge < -0.3 is 10.6 Å². The van der Waals surface area contributed by atoms with Crippen molar-refractivity contribution in [3.05, 3.63) is 0 Å². The van der Waals surface area contributed by atoms with Gasteiger partial charge in [-0.15, -0.1) is 0 Å². The van der Waals surface area contributed by atoms with Gasteiger partial charge in [0.15, 0.2) is 0 Å². The van der Waals surface area contributed by atoms with Gasteiger partial charge in [-0.3, -0.25) is 4.79 Å². The van der Waals surface area contributed by atoms with Gasteiger partial charge in [-0.25, -0.2) is 0 Å². The summed E-state index contributed by atoms with van der Waals surface area (Å²) in [5, 5.41) is 6.41. The third-order valence-corrected chi connectivity index (χ3v) is 3.86. The quantitative estimate of drug-likeness (QED) is 0.654. The van der Waals surface area contributed by atoms with E-state index in [4.69, 9.17) is 0 Å². The number of unbranched alkanes of at least 4 members (excludes halogenated alkanes) is 2. The van der Waals surface area contributed by atoms with Gasteiger partial charge >= 0.3 is 0 Å². The Morgan fingerprint density at radius 3 is 2.78 bits per heavy atom. The maximum Gasteiger partial charge on any atom is 0.220 e. The SMILES string of the molecule is CCCCCC(C)(C)CNC(=O)CC1CCNC1. The molecule has 1 heterocycles. The summed E-state index contributed by atoms with van der Waals surface area (Å²) in [6, 6.07) is 0. The van der Waals surface area contributed by atoms with Gasteiger partial charge in [0, 0.05) is 13.0 Å². The molecule has 1 rings (SSSR count). The Morgan fingerprint density at radius 2 is 2.17 bits per heavy atom. The molecule has 0 aromatic heterocycles. The number of hydrogen-bond donors (Lipinski definition) is 2. The van der Waals surface area contributed by atoms with E-state index in [2.05, 4.69) is 31.4 Å². The summed E-state index contributed by atoms with van der Waals surface area (Å²) in [7, 11) is 0. The van der Waals surface area contributed by atoms with E-state index >= 15 is 0 Å². The Hall–Kier alpha value is -0.570. The minimum atomic E-state index is 0.229. The smallest absolute Gasteiger partial charge is 0.220 e. The summed E-state index contributed by atoms with van der Waals surface area (Å²) in [4.78, 5) is 11.8. The van der Waals surface area contributed by atoms with E-state index in [1.54, 1.807) is 0 Å². The first kappa shape index (κ1) is 15.5. The molecule has 0 aromatic carbocycles. The number of nitrogens with one attached hydrogen (secondary N) is 2. The first-order valence-corrected chi connectivity index (χ1v) is 7.51. The second kappa shape index (κ2) is 7.78. The Kier molecular flexibility index (Phi) is 6.69. The Balaban J connectivity index is 2.15. The van der Waals surface area contributed by atoms with E-state index in [0.717, 1.165) is 26.1 Å². The van der Waals surface area contributed by atoms with E-state index < -0.39 is 0 Å². The average Bonchev–Trinajstić information content (AvgIpc) is 2.80. The maximum absolute atomic E-state index is 11.8. The standard InChI is InChI=1S/C15H30N2O/c1-4-5-6-8-15(2,3)12-17-14(18)10-13-7-9-16-11-13/h13,16H,4-12H2,1-3H3,(H,17,18). The van der Waals surface area contributed by atoms with Crippen molar-refractivity contribution in [2.45, 2.75) is 59.3 Å². The van der Waals surface area contributed by atoms with Gasteiger partial charge in [0.1, 0.15) is 0 Å². The summed E-state index contributed by atoms with van der Waals surface area (Å²) in [5.41, 5.74) is 0.235. The number of amides is 1. The third kappa shape index (κ3) is 6.39. The third-order valence-electron chi connectivity index (χ3n) is 3.86. The topological polar surface area (TPSA) is 41.1 Å². The summed E-state index contributed by atoms with van der Waals surface area (Å²) in [6.45, 7) is 9.62. The van der Waals surface area contributed by atoms with Crippen molar-refractivity contribution in [1.82, 2.24) is 10.6 Å². The molecule has 106 valence electrons. The van der Waals surface area contributed by atoms with E-state index in [0.29, 0.717) is 12.3 Å². The lowest BCUT2D eigenvalue weighted by atomic mass is 9.87. The van der Waals surface area contributed by atoms with Crippen molar-refractivity contribution in [2.24, 2.45) is 11.3 Å². The zero-order chi connectivity index (χ0) is 13.4. The number of rotatable bonds is 8. The van der Waals surface area contributed by atoms with Crippen molar-refractivity contribution in [1.29, 1.82) is 0 Å². The molecule has 1 amide bonds. The van der Waals surface area contributed by atoms with Crippen LogP contribution in [0.5, 0.6) is 0 Å². The molecular formula is C15H30N2O. The lowest BCUT2D eigenvalue weighted by Crippen LogP contribution is -2.35. The molecule has 18 heavy (non-hydrogen) atoms. The van der Waals surface area contributed by atoms with Crippen LogP contribution in [0.25, 0.3) is 0 Å². The van der Waals surface area contributed by atoms with Crippen molar-refractivity contribution < 1.29 is 4.79 Å². The molecule has 0 bridgehead atoms. The largest absolute Gasteiger partial charge is 0.356 e. The molecule has 1 saturated heterocycles. The minimum Gasteiger partial charge on any atom is -0.356 e. The summed E-state index contributed by atoms with van der Waals surface area (Å²) in [5.74, 6) is 0.778. The highest BCUT2D eigenvalue weighted by Crippen LogP contribution is 2.22. The highest BCUT2D eigenvalue weighted by molar-refractivity contribution is 5.76. The van der Waals surface area contributed by atoms with Crippen LogP contribution in [0.4, 0.5) is 0 Å². The number of hydrogen-bond acceptors (Lipinski definition) is 2. The van der Waals surface area contributed by atoms with E-state index in [9.17, 15) is 4.79 Å². The van der Waals surface area contributed by atoms with Crippen LogP contribution in [-0.2, 0) is 4.79 Å². The Labute approximate surface area is 112 Å². The maximum atomic E-state index is 11.8. The molecule has 1 fully saturated rings. The van der Waals surface area contributed by atoms with E-state index in [-0.39, 0.29) is 11.3 Å². The van der Waals surface area contributed by atoms with Gasteiger partial charge in [-0.1, -0.05) is 40.0 Å². The molecule has 1 aliphatic heterocycles. The van der Waals surface area contributed by atoms with Crippen LogP contribution in [0.3, 0.4) is 0 Å². The summed E-state index contributed by atoms with van der Waals surface area (Å²) >= 11 is 0. The van der Waals surface area contributed by atoms with Crippen molar-refractivity contribution >= 4 is 5.91 Å². The predicted molar refractivity (Wildman–Crippen MR) is 76.5 cm³/mol. The van der Waals surface area contributed by atoms with Crippen LogP contribution in [-0.4, -0.2) is 25.5 Å². The zero-order valence-corrected chi connectivity index (χ0v) is 12.3. The first-order chi connectivity index (χ1) is 8.53. The molecule has 0 aliphatic carbocycles. The Morgan fingerprint density at radius 1 is 1.39 bits per heavy atom. The van der Waals surface area contributed by atoms with Gasteiger partial charge in [0.2, 0.25) is 5.91 Å². The fourth-order valence-electron chi connectivity index (χ4n) is 2.50. The van der Waals surface area contributed by atoms with Crippen molar-refractivity contribution in [3.8, 4) is 0 Å². The molecular weight excluding hydrogens is 224 g/mol. The number of carbonyl (C=O) groups is 1. The van der Waals surface area contributed by atoms with Gasteiger partial charge in [-0.05, 0) is 37.3 Å². The Bertz CT molecular complexity index is 245. The molecule has 0 radical (unpaired) electrons. The van der Waals surface area contributed by atoms with Gasteiger partial charge in [0.05, 0.1) is 0 Å². The highest BCUT2D eigenvalue weighted by Gasteiger charge is 2.21. The number of carbonyl (C=O) groups excluding carboxylic acids is 1. The second-order valence-corrected chi connectivity index (χ2v) is 6.46. The van der Waals surface area contributed by atoms with Crippen LogP contribution < -0.4 is 10.6 Å². The van der Waals surface area contributed by atoms with Crippen LogP contribution in [0.1, 0.15) is 59.3 Å². The molecule has 0 spiro atoms. The molecule has 1 atom stereocenters. The van der Waals surface area contributed by atoms with Crippen LogP contribution in [0.15, 0.2) is 0 Å².